The highest BCUT2D eigenvalue weighted by molar-refractivity contribution is 6.10. The maximum atomic E-state index is 13.1. The number of amides is 3. The number of imidazole rings is 1. The van der Waals surface area contributed by atoms with Crippen LogP contribution in [0.15, 0.2) is 48.8 Å². The summed E-state index contributed by atoms with van der Waals surface area (Å²) in [5.41, 5.74) is 7.46. The lowest BCUT2D eigenvalue weighted by Gasteiger charge is -2.12. The Kier molecular flexibility index (Phi) is 7.19. The summed E-state index contributed by atoms with van der Waals surface area (Å²) >= 11 is 0. The van der Waals surface area contributed by atoms with Gasteiger partial charge < -0.3 is 25.8 Å². The van der Waals surface area contributed by atoms with Gasteiger partial charge in [-0.25, -0.2) is 9.37 Å². The number of benzene rings is 2. The van der Waals surface area contributed by atoms with E-state index in [1.807, 2.05) is 19.0 Å². The molecule has 0 unspecified atom stereocenters. The van der Waals surface area contributed by atoms with E-state index >= 15 is 0 Å². The summed E-state index contributed by atoms with van der Waals surface area (Å²) in [6.07, 6.45) is 1.41. The number of aryl methyl sites for hydroxylation is 1. The fraction of sp³-hybridized carbons (Fsp3) is 0.217. The van der Waals surface area contributed by atoms with Gasteiger partial charge in [0.15, 0.2) is 5.69 Å². The number of primary amides is 1. The van der Waals surface area contributed by atoms with E-state index in [4.69, 9.17) is 5.73 Å². The van der Waals surface area contributed by atoms with Gasteiger partial charge in [0.05, 0.1) is 6.33 Å². The van der Waals surface area contributed by atoms with E-state index in [0.717, 1.165) is 0 Å². The summed E-state index contributed by atoms with van der Waals surface area (Å²) in [5, 5.41) is 5.46. The van der Waals surface area contributed by atoms with Gasteiger partial charge >= 0.3 is 0 Å². The van der Waals surface area contributed by atoms with Crippen LogP contribution >= 0.6 is 0 Å². The molecule has 4 N–H and O–H groups in total. The second-order valence-electron chi connectivity index (χ2n) is 7.75. The third-order valence-corrected chi connectivity index (χ3v) is 4.91. The topological polar surface area (TPSA) is 122 Å². The van der Waals surface area contributed by atoms with E-state index < -0.39 is 17.6 Å². The Morgan fingerprint density at radius 2 is 1.76 bits per heavy atom. The zero-order chi connectivity index (χ0) is 24.1. The van der Waals surface area contributed by atoms with Crippen molar-refractivity contribution in [2.24, 2.45) is 5.73 Å². The van der Waals surface area contributed by atoms with Crippen LogP contribution in [0.2, 0.25) is 0 Å². The fourth-order valence-corrected chi connectivity index (χ4v) is 3.15. The number of likely N-dealkylation sites (N-methyl/N-ethyl adjacent to an activating group) is 1. The van der Waals surface area contributed by atoms with Crippen LogP contribution in [-0.4, -0.2) is 52.8 Å². The average molecular weight is 452 g/mol. The smallest absolute Gasteiger partial charge is 0.276 e. The van der Waals surface area contributed by atoms with Crippen molar-refractivity contribution in [2.75, 3.05) is 31.3 Å². The average Bonchev–Trinajstić information content (AvgIpc) is 3.19. The molecule has 0 fully saturated rings. The lowest BCUT2D eigenvalue weighted by Crippen LogP contribution is -2.25. The molecule has 3 rings (SSSR count). The minimum atomic E-state index is -0.744. The van der Waals surface area contributed by atoms with Gasteiger partial charge in [-0.2, -0.15) is 0 Å². The number of nitrogens with two attached hydrogens (primary N) is 1. The van der Waals surface area contributed by atoms with Gasteiger partial charge in [-0.05, 0) is 69.0 Å². The molecule has 1 aromatic heterocycles. The predicted octanol–water partition coefficient (Wildman–Crippen LogP) is 2.50. The van der Waals surface area contributed by atoms with Crippen LogP contribution in [0.1, 0.15) is 36.9 Å². The zero-order valence-electron chi connectivity index (χ0n) is 18.6. The largest absolute Gasteiger partial charge is 0.364 e. The summed E-state index contributed by atoms with van der Waals surface area (Å²) in [5.74, 6) is -2.13. The number of halogens is 1. The van der Waals surface area contributed by atoms with E-state index in [1.54, 1.807) is 29.7 Å². The Balaban J connectivity index is 1.73. The molecule has 0 radical (unpaired) electrons. The van der Waals surface area contributed by atoms with Crippen LogP contribution < -0.4 is 16.4 Å². The number of anilines is 2. The highest BCUT2D eigenvalue weighted by Crippen LogP contribution is 2.21. The maximum absolute atomic E-state index is 13.1. The second-order valence-corrected chi connectivity index (χ2v) is 7.75. The molecule has 0 spiro atoms. The highest BCUT2D eigenvalue weighted by Gasteiger charge is 2.22. The van der Waals surface area contributed by atoms with Gasteiger partial charge in [0.2, 0.25) is 0 Å². The third kappa shape index (κ3) is 5.80. The molecular weight excluding hydrogens is 427 g/mol. The first-order chi connectivity index (χ1) is 15.7. The molecule has 0 aliphatic rings. The lowest BCUT2D eigenvalue weighted by molar-refractivity contribution is 0.0967. The first-order valence-corrected chi connectivity index (χ1v) is 10.1. The molecule has 0 saturated carbocycles. The van der Waals surface area contributed by atoms with Crippen molar-refractivity contribution < 1.29 is 18.8 Å². The van der Waals surface area contributed by atoms with Crippen LogP contribution in [-0.2, 0) is 6.54 Å². The van der Waals surface area contributed by atoms with Crippen molar-refractivity contribution in [1.82, 2.24) is 14.5 Å². The molecule has 1 heterocycles. The molecule has 3 amide bonds. The molecule has 0 aliphatic carbocycles. The van der Waals surface area contributed by atoms with Crippen molar-refractivity contribution in [3.63, 3.8) is 0 Å². The van der Waals surface area contributed by atoms with Gasteiger partial charge in [-0.15, -0.1) is 0 Å². The van der Waals surface area contributed by atoms with E-state index in [0.29, 0.717) is 35.6 Å². The molecule has 2 aromatic carbocycles. The van der Waals surface area contributed by atoms with Gasteiger partial charge in [0.25, 0.3) is 17.7 Å². The Morgan fingerprint density at radius 1 is 1.06 bits per heavy atom. The molecule has 0 saturated heterocycles. The fourth-order valence-electron chi connectivity index (χ4n) is 3.15. The molecule has 172 valence electrons. The normalized spacial score (nSPS) is 10.8. The van der Waals surface area contributed by atoms with Crippen molar-refractivity contribution in [3.8, 4) is 0 Å². The van der Waals surface area contributed by atoms with Gasteiger partial charge in [0.1, 0.15) is 11.5 Å². The van der Waals surface area contributed by atoms with Crippen LogP contribution in [0.25, 0.3) is 0 Å². The standard InChI is InChI=1S/C23H25FN6O3/c1-14-12-17(8-9-18(14)28-22(32)15-4-6-16(24)7-5-15)27-23(33)19-20(21(25)31)30(13-26-19)11-10-29(2)3/h4-9,12-13H,10-11H2,1-3H3,(H2,25,31)(H,27,33)(H,28,32). The van der Waals surface area contributed by atoms with E-state index in [-0.39, 0.29) is 17.3 Å². The summed E-state index contributed by atoms with van der Waals surface area (Å²) in [4.78, 5) is 43.1. The number of aromatic nitrogens is 2. The van der Waals surface area contributed by atoms with Crippen molar-refractivity contribution in [3.05, 3.63) is 77.1 Å². The van der Waals surface area contributed by atoms with Crippen molar-refractivity contribution >= 4 is 29.1 Å². The Hall–Kier alpha value is -4.05. The predicted molar refractivity (Wildman–Crippen MR) is 123 cm³/mol. The lowest BCUT2D eigenvalue weighted by atomic mass is 10.1. The summed E-state index contributed by atoms with van der Waals surface area (Å²) < 4.78 is 14.6. The zero-order valence-corrected chi connectivity index (χ0v) is 18.6. The molecule has 0 bridgehead atoms. The molecule has 33 heavy (non-hydrogen) atoms. The van der Waals surface area contributed by atoms with Crippen LogP contribution in [0.5, 0.6) is 0 Å². The van der Waals surface area contributed by atoms with Gasteiger partial charge in [-0.3, -0.25) is 14.4 Å². The quantitative estimate of drug-likeness (QED) is 0.485. The van der Waals surface area contributed by atoms with Crippen LogP contribution in [0.3, 0.4) is 0 Å². The molecule has 10 heteroatoms. The molecular formula is C23H25FN6O3. The summed E-state index contributed by atoms with van der Waals surface area (Å²) in [6.45, 7) is 2.86. The van der Waals surface area contributed by atoms with E-state index in [1.165, 1.54) is 30.6 Å². The molecule has 9 nitrogen and oxygen atoms in total. The minimum absolute atomic E-state index is 0.0363. The first kappa shape index (κ1) is 23.6. The van der Waals surface area contributed by atoms with Crippen LogP contribution in [0, 0.1) is 12.7 Å². The van der Waals surface area contributed by atoms with E-state index in [9.17, 15) is 18.8 Å². The SMILES string of the molecule is Cc1cc(NC(=O)c2ncn(CCN(C)C)c2C(N)=O)ccc1NC(=O)c1ccc(F)cc1. The third-order valence-electron chi connectivity index (χ3n) is 4.91. The Labute approximate surface area is 190 Å². The Morgan fingerprint density at radius 3 is 2.36 bits per heavy atom. The minimum Gasteiger partial charge on any atom is -0.364 e. The number of rotatable bonds is 8. The van der Waals surface area contributed by atoms with Gasteiger partial charge in [0, 0.05) is 30.0 Å². The number of hydrogen-bond donors (Lipinski definition) is 3. The van der Waals surface area contributed by atoms with Crippen molar-refractivity contribution in [2.45, 2.75) is 13.5 Å². The summed E-state index contributed by atoms with van der Waals surface area (Å²) in [7, 11) is 3.78. The molecule has 0 aliphatic heterocycles. The number of nitrogens with zero attached hydrogens (tertiary/aromatic N) is 3. The number of carbonyl (C=O) groups is 3. The monoisotopic (exact) mass is 452 g/mol. The number of hydrogen-bond acceptors (Lipinski definition) is 5. The molecule has 0 atom stereocenters. The number of nitrogens with one attached hydrogen (secondary N) is 2. The van der Waals surface area contributed by atoms with Crippen molar-refractivity contribution in [1.29, 1.82) is 0 Å². The summed E-state index contributed by atoms with van der Waals surface area (Å²) in [6, 6.07) is 10.1. The Bertz CT molecular complexity index is 1190. The number of carbonyl (C=O) groups excluding carboxylic acids is 3. The van der Waals surface area contributed by atoms with Crippen LogP contribution in [0.4, 0.5) is 15.8 Å². The highest BCUT2D eigenvalue weighted by atomic mass is 19.1. The second kappa shape index (κ2) is 10.0. The van der Waals surface area contributed by atoms with E-state index in [2.05, 4.69) is 15.6 Å². The maximum Gasteiger partial charge on any atom is 0.276 e. The first-order valence-electron chi connectivity index (χ1n) is 10.1. The van der Waals surface area contributed by atoms with Gasteiger partial charge in [-0.1, -0.05) is 0 Å². The molecule has 3 aromatic rings.